The number of rotatable bonds is 5. The van der Waals surface area contributed by atoms with E-state index in [2.05, 4.69) is 52.5 Å². The molecule has 3 aliphatic rings. The average molecular weight is 515 g/mol. The summed E-state index contributed by atoms with van der Waals surface area (Å²) in [5.74, 6) is 0.924. The minimum absolute atomic E-state index is 0.406. The van der Waals surface area contributed by atoms with Crippen LogP contribution < -0.4 is 15.0 Å². The third-order valence-corrected chi connectivity index (χ3v) is 8.58. The zero-order valence-electron chi connectivity index (χ0n) is 21.0. The number of piperazine rings is 1. The number of fused-ring (bicyclic) bond motifs is 4. The van der Waals surface area contributed by atoms with E-state index in [0.29, 0.717) is 30.7 Å². The van der Waals surface area contributed by atoms with E-state index in [1.807, 2.05) is 18.3 Å². The molecule has 1 N–H and O–H groups in total. The van der Waals surface area contributed by atoms with Crippen molar-refractivity contribution in [3.63, 3.8) is 0 Å². The van der Waals surface area contributed by atoms with Gasteiger partial charge in [0.1, 0.15) is 12.4 Å². The van der Waals surface area contributed by atoms with Gasteiger partial charge in [-0.1, -0.05) is 41.9 Å². The van der Waals surface area contributed by atoms with Crippen LogP contribution in [-0.4, -0.2) is 71.3 Å². The number of anilines is 1. The van der Waals surface area contributed by atoms with Gasteiger partial charge in [0.15, 0.2) is 0 Å². The van der Waals surface area contributed by atoms with Gasteiger partial charge >= 0.3 is 6.01 Å². The van der Waals surface area contributed by atoms with Gasteiger partial charge in [-0.15, -0.1) is 0 Å². The first-order chi connectivity index (χ1) is 18.1. The predicted molar refractivity (Wildman–Crippen MR) is 149 cm³/mol. The maximum Gasteiger partial charge on any atom is 0.319 e. The fourth-order valence-corrected chi connectivity index (χ4v) is 6.56. The second kappa shape index (κ2) is 9.39. The van der Waals surface area contributed by atoms with Crippen molar-refractivity contribution in [1.82, 2.24) is 25.2 Å². The van der Waals surface area contributed by atoms with Gasteiger partial charge in [0.25, 0.3) is 0 Å². The number of nitrogens with one attached hydrogen (secondary N) is 1. The summed E-state index contributed by atoms with van der Waals surface area (Å²) in [5.41, 5.74) is 2.69. The minimum atomic E-state index is 0.406. The van der Waals surface area contributed by atoms with Crippen LogP contribution in [0.3, 0.4) is 0 Å². The number of likely N-dealkylation sites (N-methyl/N-ethyl adjacent to an activating group) is 1. The van der Waals surface area contributed by atoms with E-state index in [1.165, 1.54) is 19.3 Å². The van der Waals surface area contributed by atoms with Crippen molar-refractivity contribution in [1.29, 1.82) is 0 Å². The Hall–Kier alpha value is -3.00. The lowest BCUT2D eigenvalue weighted by atomic mass is 10.0. The van der Waals surface area contributed by atoms with Gasteiger partial charge in [-0.3, -0.25) is 4.98 Å². The van der Waals surface area contributed by atoms with Crippen molar-refractivity contribution < 1.29 is 4.74 Å². The van der Waals surface area contributed by atoms with E-state index in [9.17, 15) is 0 Å². The maximum absolute atomic E-state index is 6.64. The van der Waals surface area contributed by atoms with Crippen LogP contribution >= 0.6 is 11.6 Å². The first-order valence-corrected chi connectivity index (χ1v) is 13.7. The summed E-state index contributed by atoms with van der Waals surface area (Å²) in [6.45, 7) is 3.59. The van der Waals surface area contributed by atoms with E-state index in [1.54, 1.807) is 0 Å². The number of ether oxygens (including phenoxy) is 1. The van der Waals surface area contributed by atoms with E-state index in [0.717, 1.165) is 69.8 Å². The minimum Gasteiger partial charge on any atom is -0.462 e. The summed E-state index contributed by atoms with van der Waals surface area (Å²) in [6, 6.07) is 16.1. The zero-order chi connectivity index (χ0) is 24.9. The van der Waals surface area contributed by atoms with Gasteiger partial charge in [0.2, 0.25) is 0 Å². The topological polar surface area (TPSA) is 66.4 Å². The Bertz CT molecular complexity index is 1460. The Labute approximate surface area is 221 Å². The molecule has 0 radical (unpaired) electrons. The van der Waals surface area contributed by atoms with Crippen LogP contribution in [0.4, 0.5) is 5.82 Å². The van der Waals surface area contributed by atoms with Crippen molar-refractivity contribution in [2.45, 2.75) is 43.8 Å². The van der Waals surface area contributed by atoms with Crippen molar-refractivity contribution in [2.24, 2.45) is 0 Å². The molecule has 2 aromatic heterocycles. The van der Waals surface area contributed by atoms with Crippen LogP contribution in [0.5, 0.6) is 6.01 Å². The number of halogens is 1. The van der Waals surface area contributed by atoms with Crippen LogP contribution in [0.1, 0.15) is 25.7 Å². The van der Waals surface area contributed by atoms with Gasteiger partial charge in [-0.05, 0) is 56.8 Å². The van der Waals surface area contributed by atoms with E-state index in [-0.39, 0.29) is 0 Å². The van der Waals surface area contributed by atoms with Crippen molar-refractivity contribution in [3.8, 4) is 17.3 Å². The van der Waals surface area contributed by atoms with Crippen molar-refractivity contribution >= 4 is 39.1 Å². The molecule has 3 fully saturated rings. The van der Waals surface area contributed by atoms with Gasteiger partial charge in [-0.25, -0.2) is 0 Å². The lowest BCUT2D eigenvalue weighted by Gasteiger charge is -2.34. The van der Waals surface area contributed by atoms with Crippen LogP contribution in [0.25, 0.3) is 32.9 Å². The summed E-state index contributed by atoms with van der Waals surface area (Å²) in [6.07, 6.45) is 6.71. The van der Waals surface area contributed by atoms with E-state index < -0.39 is 0 Å². The molecule has 3 aliphatic heterocycles. The van der Waals surface area contributed by atoms with E-state index >= 15 is 0 Å². The maximum atomic E-state index is 6.64. The van der Waals surface area contributed by atoms with E-state index in [4.69, 9.17) is 31.3 Å². The first kappa shape index (κ1) is 23.1. The molecule has 2 aromatic carbocycles. The fraction of sp³-hybridized carbons (Fsp3) is 0.414. The molecule has 37 heavy (non-hydrogen) atoms. The highest BCUT2D eigenvalue weighted by atomic mass is 35.5. The Morgan fingerprint density at radius 1 is 1.05 bits per heavy atom. The Morgan fingerprint density at radius 3 is 2.65 bits per heavy atom. The third-order valence-electron chi connectivity index (χ3n) is 8.26. The zero-order valence-corrected chi connectivity index (χ0v) is 21.8. The molecule has 7 nitrogen and oxygen atoms in total. The van der Waals surface area contributed by atoms with Crippen molar-refractivity contribution in [2.75, 3.05) is 38.2 Å². The average Bonchev–Trinajstić information content (AvgIpc) is 3.49. The third kappa shape index (κ3) is 4.29. The number of likely N-dealkylation sites (tertiary alicyclic amines) is 1. The second-order valence-electron chi connectivity index (χ2n) is 10.7. The molecule has 0 aliphatic carbocycles. The molecule has 2 unspecified atom stereocenters. The highest BCUT2D eigenvalue weighted by Gasteiger charge is 2.34. The Kier molecular flexibility index (Phi) is 5.87. The summed E-state index contributed by atoms with van der Waals surface area (Å²) < 4.78 is 6.26. The van der Waals surface area contributed by atoms with Crippen LogP contribution in [0.15, 0.2) is 48.7 Å². The van der Waals surface area contributed by atoms with Crippen molar-refractivity contribution in [3.05, 3.63) is 53.7 Å². The molecule has 5 heterocycles. The molecule has 2 bridgehead atoms. The van der Waals surface area contributed by atoms with Crippen LogP contribution in [-0.2, 0) is 0 Å². The lowest BCUT2D eigenvalue weighted by Crippen LogP contribution is -2.51. The predicted octanol–water partition coefficient (Wildman–Crippen LogP) is 4.91. The van der Waals surface area contributed by atoms with Gasteiger partial charge in [0.05, 0.1) is 16.6 Å². The molecule has 0 spiro atoms. The summed E-state index contributed by atoms with van der Waals surface area (Å²) in [7, 11) is 2.16. The summed E-state index contributed by atoms with van der Waals surface area (Å²) in [4.78, 5) is 19.5. The lowest BCUT2D eigenvalue weighted by molar-refractivity contribution is 0.188. The molecular weight excluding hydrogens is 484 g/mol. The number of hydrogen-bond acceptors (Lipinski definition) is 7. The second-order valence-corrected chi connectivity index (χ2v) is 11.1. The molecule has 4 aromatic rings. The number of nitrogens with zero attached hydrogens (tertiary/aromatic N) is 5. The van der Waals surface area contributed by atoms with Gasteiger partial charge in [0, 0.05) is 53.4 Å². The highest BCUT2D eigenvalue weighted by Crippen LogP contribution is 2.36. The Balaban J connectivity index is 1.32. The first-order valence-electron chi connectivity index (χ1n) is 13.3. The number of benzene rings is 2. The summed E-state index contributed by atoms with van der Waals surface area (Å²) >= 11 is 6.64. The highest BCUT2D eigenvalue weighted by molar-refractivity contribution is 6.36. The fourth-order valence-electron chi connectivity index (χ4n) is 6.28. The molecular formula is C29H31ClN6O. The normalized spacial score (nSPS) is 23.8. The molecule has 3 saturated heterocycles. The smallest absolute Gasteiger partial charge is 0.319 e. The SMILES string of the molecule is CN1CCC[C@H]1COc1nc(N2CC3CCC(C2)N3)c2cnc(-c3cccc4cccc(Cl)c34)cc2n1. The molecule has 0 saturated carbocycles. The number of hydrogen-bond donors (Lipinski definition) is 1. The van der Waals surface area contributed by atoms with Gasteiger partial charge < -0.3 is 19.9 Å². The summed E-state index contributed by atoms with van der Waals surface area (Å²) in [5, 5.41) is 7.50. The quantitative estimate of drug-likeness (QED) is 0.406. The largest absolute Gasteiger partial charge is 0.462 e. The molecule has 3 atom stereocenters. The molecule has 0 amide bonds. The standard InChI is InChI=1S/C29H31ClN6O/c1-35-12-4-7-21(35)17-37-29-33-26-13-25(22-8-2-5-18-6-3-9-24(30)27(18)22)31-14-23(26)28(34-29)36-15-19-10-11-20(16-36)32-19/h2-3,5-6,8-9,13-14,19-21,32H,4,7,10-12,15-17H2,1H3/t19?,20?,21-/m0/s1. The Morgan fingerprint density at radius 2 is 1.86 bits per heavy atom. The van der Waals surface area contributed by atoms with Crippen LogP contribution in [0.2, 0.25) is 5.02 Å². The monoisotopic (exact) mass is 514 g/mol. The number of aromatic nitrogens is 3. The molecule has 7 rings (SSSR count). The van der Waals surface area contributed by atoms with Crippen LogP contribution in [0, 0.1) is 0 Å². The molecule has 190 valence electrons. The molecule has 8 heteroatoms. The number of pyridine rings is 1. The van der Waals surface area contributed by atoms with Gasteiger partial charge in [-0.2, -0.15) is 9.97 Å².